The molecule has 1 atom stereocenters. The third kappa shape index (κ3) is 3.79. The average Bonchev–Trinajstić information content (AvgIpc) is 3.26. The zero-order valence-electron chi connectivity index (χ0n) is 16.1. The first-order valence-corrected chi connectivity index (χ1v) is 9.79. The van der Waals surface area contributed by atoms with Gasteiger partial charge >= 0.3 is 0 Å². The number of likely N-dealkylation sites (tertiary alicyclic amines) is 1. The topological polar surface area (TPSA) is 29.5 Å². The van der Waals surface area contributed by atoms with E-state index in [1.165, 1.54) is 5.56 Å². The smallest absolute Gasteiger partial charge is 0.234 e. The highest BCUT2D eigenvalue weighted by Crippen LogP contribution is 2.33. The molecule has 0 bridgehead atoms. The highest BCUT2D eigenvalue weighted by molar-refractivity contribution is 5.87. The minimum absolute atomic E-state index is 0.188. The van der Waals surface area contributed by atoms with Gasteiger partial charge in [0.25, 0.3) is 0 Å². The van der Waals surface area contributed by atoms with E-state index in [4.69, 9.17) is 4.74 Å². The van der Waals surface area contributed by atoms with E-state index in [0.717, 1.165) is 36.4 Å². The van der Waals surface area contributed by atoms with Crippen molar-refractivity contribution < 1.29 is 9.53 Å². The maximum Gasteiger partial charge on any atom is 0.234 e. The summed E-state index contributed by atoms with van der Waals surface area (Å²) in [5.74, 6) is 1.18. The van der Waals surface area contributed by atoms with Gasteiger partial charge in [-0.3, -0.25) is 4.79 Å². The Balaban J connectivity index is 1.56. The second-order valence-electron chi connectivity index (χ2n) is 7.30. The number of methoxy groups -OCH3 is 1. The monoisotopic (exact) mass is 371 g/mol. The molecule has 142 valence electrons. The maximum atomic E-state index is 13.5. The molecule has 0 aliphatic carbocycles. The van der Waals surface area contributed by atoms with Crippen molar-refractivity contribution in [3.8, 4) is 5.75 Å². The van der Waals surface area contributed by atoms with Gasteiger partial charge in [-0.1, -0.05) is 72.8 Å². The molecule has 1 aliphatic rings. The predicted molar refractivity (Wildman–Crippen MR) is 112 cm³/mol. The second-order valence-corrected chi connectivity index (χ2v) is 7.30. The van der Waals surface area contributed by atoms with Crippen molar-refractivity contribution in [2.45, 2.75) is 18.3 Å². The first-order chi connectivity index (χ1) is 13.8. The van der Waals surface area contributed by atoms with E-state index in [1.54, 1.807) is 7.11 Å². The van der Waals surface area contributed by atoms with Crippen LogP contribution in [0.15, 0.2) is 84.9 Å². The molecule has 4 rings (SSSR count). The lowest BCUT2D eigenvalue weighted by atomic mass is 9.90. The Morgan fingerprint density at radius 3 is 2.00 bits per heavy atom. The summed E-state index contributed by atoms with van der Waals surface area (Å²) in [6.07, 6.45) is 0.994. The van der Waals surface area contributed by atoms with Crippen LogP contribution in [-0.2, 0) is 4.79 Å². The van der Waals surface area contributed by atoms with Gasteiger partial charge in [0.1, 0.15) is 5.75 Å². The molecule has 28 heavy (non-hydrogen) atoms. The molecule has 1 heterocycles. The first kappa shape index (κ1) is 18.3. The van der Waals surface area contributed by atoms with Gasteiger partial charge in [-0.2, -0.15) is 0 Å². The Bertz CT molecular complexity index is 867. The highest BCUT2D eigenvalue weighted by Gasteiger charge is 2.33. The van der Waals surface area contributed by atoms with Gasteiger partial charge in [-0.15, -0.1) is 0 Å². The quantitative estimate of drug-likeness (QED) is 0.642. The minimum atomic E-state index is -0.253. The van der Waals surface area contributed by atoms with Crippen LogP contribution in [-0.4, -0.2) is 31.0 Å². The van der Waals surface area contributed by atoms with Crippen LogP contribution in [0.3, 0.4) is 0 Å². The van der Waals surface area contributed by atoms with Gasteiger partial charge in [0.05, 0.1) is 13.0 Å². The molecule has 1 amide bonds. The number of hydrogen-bond donors (Lipinski definition) is 0. The normalized spacial score (nSPS) is 16.4. The molecular weight excluding hydrogens is 346 g/mol. The van der Waals surface area contributed by atoms with Crippen LogP contribution in [0, 0.1) is 0 Å². The number of hydrogen-bond acceptors (Lipinski definition) is 2. The summed E-state index contributed by atoms with van der Waals surface area (Å²) in [6.45, 7) is 1.56. The molecule has 0 aromatic heterocycles. The Hall–Kier alpha value is -3.07. The highest BCUT2D eigenvalue weighted by atomic mass is 16.5. The molecule has 3 aromatic carbocycles. The summed E-state index contributed by atoms with van der Waals surface area (Å²) in [5.41, 5.74) is 3.37. The molecule has 3 heteroatoms. The molecule has 0 N–H and O–H groups in total. The van der Waals surface area contributed by atoms with Gasteiger partial charge in [0.2, 0.25) is 5.91 Å². The fourth-order valence-corrected chi connectivity index (χ4v) is 4.06. The van der Waals surface area contributed by atoms with Crippen LogP contribution in [0.25, 0.3) is 0 Å². The third-order valence-corrected chi connectivity index (χ3v) is 5.60. The fourth-order valence-electron chi connectivity index (χ4n) is 4.06. The molecule has 1 aliphatic heterocycles. The number of rotatable bonds is 5. The largest absolute Gasteiger partial charge is 0.497 e. The van der Waals surface area contributed by atoms with Crippen LogP contribution < -0.4 is 4.74 Å². The zero-order valence-corrected chi connectivity index (χ0v) is 16.1. The van der Waals surface area contributed by atoms with Crippen molar-refractivity contribution in [2.75, 3.05) is 20.2 Å². The van der Waals surface area contributed by atoms with Gasteiger partial charge < -0.3 is 9.64 Å². The van der Waals surface area contributed by atoms with Crippen molar-refractivity contribution in [1.82, 2.24) is 4.90 Å². The van der Waals surface area contributed by atoms with Crippen molar-refractivity contribution in [2.24, 2.45) is 0 Å². The molecule has 1 saturated heterocycles. The molecule has 3 aromatic rings. The third-order valence-electron chi connectivity index (χ3n) is 5.60. The van der Waals surface area contributed by atoms with E-state index in [1.807, 2.05) is 77.7 Å². The molecule has 0 spiro atoms. The molecule has 0 saturated carbocycles. The van der Waals surface area contributed by atoms with E-state index in [2.05, 4.69) is 12.1 Å². The zero-order chi connectivity index (χ0) is 19.3. The number of nitrogens with zero attached hydrogens (tertiary/aromatic N) is 1. The first-order valence-electron chi connectivity index (χ1n) is 9.79. The standard InChI is InChI=1S/C25H25NO2/c1-28-23-14-12-19(13-15-23)22-16-17-26(18-22)25(27)24(20-8-4-2-5-9-20)21-10-6-3-7-11-21/h2-15,22,24H,16-18H2,1H3. The van der Waals surface area contributed by atoms with E-state index in [-0.39, 0.29) is 11.8 Å². The van der Waals surface area contributed by atoms with Crippen LogP contribution >= 0.6 is 0 Å². The number of amides is 1. The molecule has 1 unspecified atom stereocenters. The summed E-state index contributed by atoms with van der Waals surface area (Å²) in [7, 11) is 1.68. The molecule has 1 fully saturated rings. The summed E-state index contributed by atoms with van der Waals surface area (Å²) >= 11 is 0. The SMILES string of the molecule is COc1ccc(C2CCN(C(=O)C(c3ccccc3)c3ccccc3)C2)cc1. The van der Waals surface area contributed by atoms with Crippen LogP contribution in [0.1, 0.15) is 34.9 Å². The van der Waals surface area contributed by atoms with E-state index in [0.29, 0.717) is 5.92 Å². The van der Waals surface area contributed by atoms with Crippen molar-refractivity contribution >= 4 is 5.91 Å². The Kier molecular flexibility index (Phi) is 5.43. The number of carbonyl (C=O) groups excluding carboxylic acids is 1. The fraction of sp³-hybridized carbons (Fsp3) is 0.240. The molecule has 3 nitrogen and oxygen atoms in total. The van der Waals surface area contributed by atoms with Gasteiger partial charge in [0.15, 0.2) is 0 Å². The lowest BCUT2D eigenvalue weighted by Crippen LogP contribution is -2.33. The van der Waals surface area contributed by atoms with E-state index >= 15 is 0 Å². The van der Waals surface area contributed by atoms with Crippen molar-refractivity contribution in [3.05, 3.63) is 102 Å². The van der Waals surface area contributed by atoms with Gasteiger partial charge in [0, 0.05) is 19.0 Å². The summed E-state index contributed by atoms with van der Waals surface area (Å²) in [4.78, 5) is 15.6. The number of benzene rings is 3. The summed E-state index contributed by atoms with van der Waals surface area (Å²) in [5, 5.41) is 0. The average molecular weight is 371 g/mol. The van der Waals surface area contributed by atoms with Crippen LogP contribution in [0.2, 0.25) is 0 Å². The van der Waals surface area contributed by atoms with Crippen LogP contribution in [0.5, 0.6) is 5.75 Å². The van der Waals surface area contributed by atoms with Crippen molar-refractivity contribution in [3.63, 3.8) is 0 Å². The van der Waals surface area contributed by atoms with E-state index in [9.17, 15) is 4.79 Å². The van der Waals surface area contributed by atoms with Gasteiger partial charge in [-0.05, 0) is 35.2 Å². The Morgan fingerprint density at radius 1 is 0.893 bits per heavy atom. The lowest BCUT2D eigenvalue weighted by Gasteiger charge is -2.24. The summed E-state index contributed by atoms with van der Waals surface area (Å²) in [6, 6.07) is 28.4. The summed E-state index contributed by atoms with van der Waals surface area (Å²) < 4.78 is 5.26. The van der Waals surface area contributed by atoms with E-state index < -0.39 is 0 Å². The second kappa shape index (κ2) is 8.30. The molecular formula is C25H25NO2. The number of ether oxygens (including phenoxy) is 1. The minimum Gasteiger partial charge on any atom is -0.497 e. The maximum absolute atomic E-state index is 13.5. The predicted octanol–water partition coefficient (Wildman–Crippen LogP) is 4.84. The Morgan fingerprint density at radius 2 is 1.46 bits per heavy atom. The molecule has 0 radical (unpaired) electrons. The Labute approximate surface area is 166 Å². The lowest BCUT2D eigenvalue weighted by molar-refractivity contribution is -0.130. The van der Waals surface area contributed by atoms with Crippen LogP contribution in [0.4, 0.5) is 0 Å². The van der Waals surface area contributed by atoms with Crippen molar-refractivity contribution in [1.29, 1.82) is 0 Å². The van der Waals surface area contributed by atoms with Gasteiger partial charge in [-0.25, -0.2) is 0 Å². The number of carbonyl (C=O) groups is 1.